The molecule has 0 amide bonds. The second kappa shape index (κ2) is 5.82. The molecule has 0 aliphatic carbocycles. The van der Waals surface area contributed by atoms with E-state index in [-0.39, 0.29) is 11.4 Å². The minimum Gasteiger partial charge on any atom is -0.286 e. The predicted molar refractivity (Wildman–Crippen MR) is 78.3 cm³/mol. The van der Waals surface area contributed by atoms with Gasteiger partial charge in [-0.2, -0.15) is 0 Å². The van der Waals surface area contributed by atoms with Crippen LogP contribution < -0.4 is 4.72 Å². The van der Waals surface area contributed by atoms with Gasteiger partial charge < -0.3 is 0 Å². The molecule has 8 heteroatoms. The average Bonchev–Trinajstić information content (AvgIpc) is 2.91. The summed E-state index contributed by atoms with van der Waals surface area (Å²) in [5.74, 6) is 0.186. The van der Waals surface area contributed by atoms with E-state index in [4.69, 9.17) is 0 Å². The number of nitrogens with one attached hydrogen (secondary N) is 1. The lowest BCUT2D eigenvalue weighted by Crippen LogP contribution is -2.26. The normalized spacial score (nSPS) is 11.9. The van der Waals surface area contributed by atoms with Gasteiger partial charge in [0.05, 0.1) is 4.90 Å². The first-order chi connectivity index (χ1) is 10.6. The van der Waals surface area contributed by atoms with E-state index in [0.717, 1.165) is 12.1 Å². The number of hydrogen-bond acceptors (Lipinski definition) is 4. The van der Waals surface area contributed by atoms with Gasteiger partial charge in [-0.15, -0.1) is 10.2 Å². The van der Waals surface area contributed by atoms with Crippen molar-refractivity contribution in [2.75, 3.05) is 6.54 Å². The lowest BCUT2D eigenvalue weighted by atomic mass is 10.4. The SMILES string of the molecule is O=S(=O)(NCCc1nnc2ccccn12)c1ccc(F)cc1. The largest absolute Gasteiger partial charge is 0.286 e. The number of rotatable bonds is 5. The molecule has 2 heterocycles. The predicted octanol–water partition coefficient (Wildman–Crippen LogP) is 1.39. The highest BCUT2D eigenvalue weighted by Crippen LogP contribution is 2.09. The van der Waals surface area contributed by atoms with Crippen molar-refractivity contribution in [3.05, 3.63) is 60.3 Å². The van der Waals surface area contributed by atoms with Crippen LogP contribution in [0.2, 0.25) is 0 Å². The first-order valence-electron chi connectivity index (χ1n) is 6.60. The lowest BCUT2D eigenvalue weighted by Gasteiger charge is -2.06. The van der Waals surface area contributed by atoms with Gasteiger partial charge in [0, 0.05) is 19.2 Å². The van der Waals surface area contributed by atoms with Gasteiger partial charge in [0.2, 0.25) is 10.0 Å². The van der Waals surface area contributed by atoms with Crippen LogP contribution in [0.25, 0.3) is 5.65 Å². The topological polar surface area (TPSA) is 76.4 Å². The third-order valence-electron chi connectivity index (χ3n) is 3.15. The van der Waals surface area contributed by atoms with Crippen molar-refractivity contribution >= 4 is 15.7 Å². The quantitative estimate of drug-likeness (QED) is 0.771. The van der Waals surface area contributed by atoms with E-state index in [2.05, 4.69) is 14.9 Å². The Bertz CT molecular complexity index is 891. The maximum Gasteiger partial charge on any atom is 0.240 e. The van der Waals surface area contributed by atoms with Crippen molar-refractivity contribution in [1.82, 2.24) is 19.3 Å². The second-order valence-corrected chi connectivity index (χ2v) is 6.41. The zero-order valence-corrected chi connectivity index (χ0v) is 12.3. The van der Waals surface area contributed by atoms with E-state index in [1.54, 1.807) is 4.40 Å². The molecular weight excluding hydrogens is 307 g/mol. The number of pyridine rings is 1. The molecule has 0 aliphatic rings. The molecule has 0 spiro atoms. The van der Waals surface area contributed by atoms with Gasteiger partial charge in [-0.05, 0) is 36.4 Å². The van der Waals surface area contributed by atoms with Crippen LogP contribution in [0, 0.1) is 5.82 Å². The van der Waals surface area contributed by atoms with Crippen molar-refractivity contribution in [2.45, 2.75) is 11.3 Å². The third kappa shape index (κ3) is 2.97. The molecule has 0 fully saturated rings. The summed E-state index contributed by atoms with van der Waals surface area (Å²) in [5.41, 5.74) is 0.707. The number of benzene rings is 1. The first kappa shape index (κ1) is 14.6. The Balaban J connectivity index is 1.68. The number of halogens is 1. The molecule has 2 aromatic heterocycles. The van der Waals surface area contributed by atoms with E-state index in [0.29, 0.717) is 17.9 Å². The molecule has 6 nitrogen and oxygen atoms in total. The van der Waals surface area contributed by atoms with Gasteiger partial charge in [-0.1, -0.05) is 6.07 Å². The lowest BCUT2D eigenvalue weighted by molar-refractivity contribution is 0.579. The summed E-state index contributed by atoms with van der Waals surface area (Å²) in [4.78, 5) is 0.0278. The molecule has 0 saturated carbocycles. The molecule has 0 saturated heterocycles. The maximum atomic E-state index is 12.8. The Morgan fingerprint density at radius 2 is 1.86 bits per heavy atom. The molecular formula is C14H13FN4O2S. The standard InChI is InChI=1S/C14H13FN4O2S/c15-11-4-6-12(7-5-11)22(20,21)16-9-8-14-18-17-13-3-1-2-10-19(13)14/h1-7,10,16H,8-9H2. The van der Waals surface area contributed by atoms with E-state index >= 15 is 0 Å². The van der Waals surface area contributed by atoms with Crippen LogP contribution in [-0.2, 0) is 16.4 Å². The van der Waals surface area contributed by atoms with E-state index in [1.165, 1.54) is 12.1 Å². The maximum absolute atomic E-state index is 12.8. The van der Waals surface area contributed by atoms with Crippen LogP contribution >= 0.6 is 0 Å². The van der Waals surface area contributed by atoms with E-state index < -0.39 is 15.8 Å². The first-order valence-corrected chi connectivity index (χ1v) is 8.08. The Morgan fingerprint density at radius 3 is 2.64 bits per heavy atom. The second-order valence-electron chi connectivity index (χ2n) is 4.65. The molecule has 0 atom stereocenters. The molecule has 3 rings (SSSR count). The van der Waals surface area contributed by atoms with Crippen molar-refractivity contribution in [3.63, 3.8) is 0 Å². The monoisotopic (exact) mass is 320 g/mol. The molecule has 1 N–H and O–H groups in total. The Morgan fingerprint density at radius 1 is 1.09 bits per heavy atom. The summed E-state index contributed by atoms with van der Waals surface area (Å²) < 4.78 is 41.2. The van der Waals surface area contributed by atoms with Gasteiger partial charge in [0.25, 0.3) is 0 Å². The fourth-order valence-electron chi connectivity index (χ4n) is 2.06. The summed E-state index contributed by atoms with van der Waals surface area (Å²) in [6.07, 6.45) is 2.21. The zero-order valence-electron chi connectivity index (χ0n) is 11.5. The van der Waals surface area contributed by atoms with Crippen LogP contribution in [-0.4, -0.2) is 29.6 Å². The van der Waals surface area contributed by atoms with E-state index in [1.807, 2.05) is 24.4 Å². The highest BCUT2D eigenvalue weighted by molar-refractivity contribution is 7.89. The highest BCUT2D eigenvalue weighted by atomic mass is 32.2. The molecule has 3 aromatic rings. The van der Waals surface area contributed by atoms with Crippen molar-refractivity contribution < 1.29 is 12.8 Å². The van der Waals surface area contributed by atoms with Crippen molar-refractivity contribution in [2.24, 2.45) is 0 Å². The van der Waals surface area contributed by atoms with Gasteiger partial charge in [-0.3, -0.25) is 4.40 Å². The number of hydrogen-bond donors (Lipinski definition) is 1. The van der Waals surface area contributed by atoms with Gasteiger partial charge in [0.1, 0.15) is 11.6 Å². The fourth-order valence-corrected chi connectivity index (χ4v) is 3.09. The van der Waals surface area contributed by atoms with Crippen molar-refractivity contribution in [1.29, 1.82) is 0 Å². The Hall–Kier alpha value is -2.32. The molecule has 114 valence electrons. The summed E-state index contributed by atoms with van der Waals surface area (Å²) in [7, 11) is -3.66. The van der Waals surface area contributed by atoms with Gasteiger partial charge in [0.15, 0.2) is 5.65 Å². The minimum atomic E-state index is -3.66. The van der Waals surface area contributed by atoms with Crippen LogP contribution in [0.5, 0.6) is 0 Å². The fraction of sp³-hybridized carbons (Fsp3) is 0.143. The van der Waals surface area contributed by atoms with Gasteiger partial charge >= 0.3 is 0 Å². The summed E-state index contributed by atoms with van der Waals surface area (Å²) in [6.45, 7) is 0.176. The Labute approximate surface area is 126 Å². The zero-order chi connectivity index (χ0) is 15.6. The van der Waals surface area contributed by atoms with Crippen LogP contribution in [0.4, 0.5) is 4.39 Å². The number of nitrogens with zero attached hydrogens (tertiary/aromatic N) is 3. The van der Waals surface area contributed by atoms with Crippen LogP contribution in [0.15, 0.2) is 53.6 Å². The summed E-state index contributed by atoms with van der Waals surface area (Å²) >= 11 is 0. The van der Waals surface area contributed by atoms with Gasteiger partial charge in [-0.25, -0.2) is 17.5 Å². The molecule has 1 aromatic carbocycles. The molecule has 0 aliphatic heterocycles. The summed E-state index contributed by atoms with van der Waals surface area (Å²) in [6, 6.07) is 10.2. The molecule has 0 bridgehead atoms. The Kier molecular flexibility index (Phi) is 3.86. The molecule has 0 radical (unpaired) electrons. The molecule has 22 heavy (non-hydrogen) atoms. The highest BCUT2D eigenvalue weighted by Gasteiger charge is 2.14. The van der Waals surface area contributed by atoms with Crippen molar-refractivity contribution in [3.8, 4) is 0 Å². The van der Waals surface area contributed by atoms with Crippen LogP contribution in [0.1, 0.15) is 5.82 Å². The van der Waals surface area contributed by atoms with Crippen LogP contribution in [0.3, 0.4) is 0 Å². The number of fused-ring (bicyclic) bond motifs is 1. The minimum absolute atomic E-state index is 0.0278. The summed E-state index contributed by atoms with van der Waals surface area (Å²) in [5, 5.41) is 8.02. The number of aromatic nitrogens is 3. The average molecular weight is 320 g/mol. The molecule has 0 unspecified atom stereocenters. The third-order valence-corrected chi connectivity index (χ3v) is 4.63. The van der Waals surface area contributed by atoms with E-state index in [9.17, 15) is 12.8 Å². The smallest absolute Gasteiger partial charge is 0.240 e. The number of sulfonamides is 1.